The first-order chi connectivity index (χ1) is 12.5. The summed E-state index contributed by atoms with van der Waals surface area (Å²) < 4.78 is 11.4. The quantitative estimate of drug-likeness (QED) is 0.420. The van der Waals surface area contributed by atoms with Crippen molar-refractivity contribution in [1.29, 1.82) is 0 Å². The molecule has 0 radical (unpaired) electrons. The molecule has 0 aliphatic heterocycles. The highest BCUT2D eigenvalue weighted by Crippen LogP contribution is 2.36. The number of carbonyl (C=O) groups is 1. The molecule has 0 spiro atoms. The number of carbonyl (C=O) groups excluding carboxylic acids is 1. The maximum atomic E-state index is 12.1. The average molecular weight is 436 g/mol. The van der Waals surface area contributed by atoms with Crippen molar-refractivity contribution in [3.63, 3.8) is 0 Å². The van der Waals surface area contributed by atoms with Gasteiger partial charge in [-0.05, 0) is 58.2 Å². The van der Waals surface area contributed by atoms with E-state index < -0.39 is 0 Å². The van der Waals surface area contributed by atoms with Gasteiger partial charge in [-0.15, -0.1) is 6.42 Å². The number of rotatable bonds is 6. The molecule has 0 atom stereocenters. The second-order valence-corrected chi connectivity index (χ2v) is 6.45. The normalized spacial score (nSPS) is 10.4. The van der Waals surface area contributed by atoms with E-state index in [1.807, 2.05) is 6.92 Å². The minimum Gasteiger partial charge on any atom is -0.493 e. The van der Waals surface area contributed by atoms with Crippen LogP contribution in [-0.2, 0) is 0 Å². The van der Waals surface area contributed by atoms with E-state index in [-0.39, 0.29) is 12.5 Å². The van der Waals surface area contributed by atoms with Crippen LogP contribution in [0.5, 0.6) is 11.5 Å². The van der Waals surface area contributed by atoms with Gasteiger partial charge in [0.1, 0.15) is 6.61 Å². The fourth-order valence-corrected chi connectivity index (χ4v) is 2.79. The molecule has 5 nitrogen and oxygen atoms in total. The van der Waals surface area contributed by atoms with Crippen LogP contribution in [0, 0.1) is 19.3 Å². The molecule has 7 heteroatoms. The van der Waals surface area contributed by atoms with Crippen LogP contribution in [0.4, 0.5) is 0 Å². The highest BCUT2D eigenvalue weighted by molar-refractivity contribution is 9.10. The summed E-state index contributed by atoms with van der Waals surface area (Å²) in [7, 11) is 1.52. The van der Waals surface area contributed by atoms with Crippen LogP contribution in [0.3, 0.4) is 0 Å². The summed E-state index contributed by atoms with van der Waals surface area (Å²) in [6, 6.07) is 8.54. The van der Waals surface area contributed by atoms with E-state index >= 15 is 0 Å². The molecular weight excluding hydrogens is 420 g/mol. The van der Waals surface area contributed by atoms with Crippen molar-refractivity contribution in [1.82, 2.24) is 5.43 Å². The Labute approximate surface area is 165 Å². The molecule has 2 rings (SSSR count). The minimum atomic E-state index is -0.358. The van der Waals surface area contributed by atoms with Crippen LogP contribution >= 0.6 is 27.5 Å². The Morgan fingerprint density at radius 3 is 2.85 bits per heavy atom. The Hall–Kier alpha value is -2.49. The van der Waals surface area contributed by atoms with Gasteiger partial charge in [0.2, 0.25) is 0 Å². The molecule has 0 heterocycles. The third-order valence-corrected chi connectivity index (χ3v) is 4.36. The smallest absolute Gasteiger partial charge is 0.271 e. The van der Waals surface area contributed by atoms with E-state index in [0.29, 0.717) is 32.1 Å². The molecule has 2 aromatic rings. The lowest BCUT2D eigenvalue weighted by Gasteiger charge is -2.11. The first-order valence-corrected chi connectivity index (χ1v) is 8.66. The summed E-state index contributed by atoms with van der Waals surface area (Å²) >= 11 is 9.43. The fourth-order valence-electron chi connectivity index (χ4n) is 2.03. The maximum absolute atomic E-state index is 12.1. The highest BCUT2D eigenvalue weighted by atomic mass is 79.9. The summed E-state index contributed by atoms with van der Waals surface area (Å²) in [5.41, 5.74) is 4.48. The van der Waals surface area contributed by atoms with Gasteiger partial charge in [0.05, 0.1) is 17.8 Å². The van der Waals surface area contributed by atoms with Gasteiger partial charge < -0.3 is 9.47 Å². The topological polar surface area (TPSA) is 59.9 Å². The van der Waals surface area contributed by atoms with Crippen molar-refractivity contribution in [2.45, 2.75) is 6.92 Å². The number of hydrazone groups is 1. The van der Waals surface area contributed by atoms with Crippen molar-refractivity contribution in [3.05, 3.63) is 56.5 Å². The third-order valence-electron chi connectivity index (χ3n) is 3.37. The minimum absolute atomic E-state index is 0.123. The van der Waals surface area contributed by atoms with Gasteiger partial charge in [0.15, 0.2) is 11.5 Å². The number of nitrogens with zero attached hydrogens (tertiary/aromatic N) is 1. The molecule has 0 aromatic heterocycles. The first kappa shape index (κ1) is 19.8. The van der Waals surface area contributed by atoms with Gasteiger partial charge >= 0.3 is 0 Å². The maximum Gasteiger partial charge on any atom is 0.271 e. The van der Waals surface area contributed by atoms with E-state index in [1.165, 1.54) is 13.3 Å². The number of nitrogens with one attached hydrogen (secondary N) is 1. The van der Waals surface area contributed by atoms with E-state index in [1.54, 1.807) is 30.3 Å². The Kier molecular flexibility index (Phi) is 7.07. The summed E-state index contributed by atoms with van der Waals surface area (Å²) in [5, 5.41) is 4.49. The summed E-state index contributed by atoms with van der Waals surface area (Å²) in [4.78, 5) is 12.1. The average Bonchev–Trinajstić information content (AvgIpc) is 2.62. The second-order valence-electron chi connectivity index (χ2n) is 5.19. The number of terminal acetylenes is 1. The van der Waals surface area contributed by atoms with Gasteiger partial charge in [-0.1, -0.05) is 23.6 Å². The molecule has 2 aromatic carbocycles. The predicted octanol–water partition coefficient (Wildman–Crippen LogP) is 4.20. The summed E-state index contributed by atoms with van der Waals surface area (Å²) in [5.74, 6) is 3.03. The molecule has 1 N–H and O–H groups in total. The van der Waals surface area contributed by atoms with Crippen LogP contribution < -0.4 is 14.9 Å². The molecule has 0 unspecified atom stereocenters. The SMILES string of the molecule is C#CCOc1c(Br)cc(/C=N\NC(=O)c2ccc(C)c(Cl)c2)cc1OC. The van der Waals surface area contributed by atoms with Gasteiger partial charge in [-0.25, -0.2) is 5.43 Å². The Morgan fingerprint density at radius 1 is 1.42 bits per heavy atom. The number of hydrogen-bond acceptors (Lipinski definition) is 4. The monoisotopic (exact) mass is 434 g/mol. The standard InChI is InChI=1S/C19H16BrClN2O3/c1-4-7-26-18-15(20)8-13(9-17(18)25-3)11-22-23-19(24)14-6-5-12(2)16(21)10-14/h1,5-6,8-11H,7H2,2-3H3,(H,23,24)/b22-11-. The molecule has 0 saturated carbocycles. The molecule has 26 heavy (non-hydrogen) atoms. The molecule has 0 aliphatic rings. The fraction of sp³-hybridized carbons (Fsp3) is 0.158. The Morgan fingerprint density at radius 2 is 2.19 bits per heavy atom. The number of amides is 1. The number of aryl methyl sites for hydroxylation is 1. The zero-order valence-electron chi connectivity index (χ0n) is 14.2. The molecule has 134 valence electrons. The number of benzene rings is 2. The van der Waals surface area contributed by atoms with Crippen LogP contribution in [0.25, 0.3) is 0 Å². The highest BCUT2D eigenvalue weighted by Gasteiger charge is 2.11. The van der Waals surface area contributed by atoms with Gasteiger partial charge in [-0.2, -0.15) is 5.10 Å². The molecule has 0 fully saturated rings. The lowest BCUT2D eigenvalue weighted by atomic mass is 10.1. The van der Waals surface area contributed by atoms with Gasteiger partial charge in [0, 0.05) is 10.6 Å². The predicted molar refractivity (Wildman–Crippen MR) is 106 cm³/mol. The second kappa shape index (κ2) is 9.27. The zero-order chi connectivity index (χ0) is 19.1. The van der Waals surface area contributed by atoms with E-state index in [0.717, 1.165) is 5.56 Å². The van der Waals surface area contributed by atoms with Crippen molar-refractivity contribution >= 4 is 39.7 Å². The number of hydrogen-bond donors (Lipinski definition) is 1. The van der Waals surface area contributed by atoms with E-state index in [4.69, 9.17) is 27.5 Å². The lowest BCUT2D eigenvalue weighted by molar-refractivity contribution is 0.0955. The van der Waals surface area contributed by atoms with E-state index in [2.05, 4.69) is 32.4 Å². The molecule has 1 amide bonds. The van der Waals surface area contributed by atoms with Crippen LogP contribution in [0.2, 0.25) is 5.02 Å². The summed E-state index contributed by atoms with van der Waals surface area (Å²) in [6.45, 7) is 1.99. The van der Waals surface area contributed by atoms with Gasteiger partial charge in [0.25, 0.3) is 5.91 Å². The third kappa shape index (κ3) is 5.01. The zero-order valence-corrected chi connectivity index (χ0v) is 16.5. The Balaban J connectivity index is 2.12. The van der Waals surface area contributed by atoms with Crippen LogP contribution in [-0.4, -0.2) is 25.8 Å². The molecular formula is C19H16BrClN2O3. The van der Waals surface area contributed by atoms with Crippen molar-refractivity contribution in [2.24, 2.45) is 5.10 Å². The Bertz CT molecular complexity index is 891. The first-order valence-electron chi connectivity index (χ1n) is 7.49. The lowest BCUT2D eigenvalue weighted by Crippen LogP contribution is -2.17. The number of halogens is 2. The van der Waals surface area contributed by atoms with Crippen LogP contribution in [0.15, 0.2) is 39.9 Å². The van der Waals surface area contributed by atoms with Crippen molar-refractivity contribution in [3.8, 4) is 23.8 Å². The largest absolute Gasteiger partial charge is 0.493 e. The van der Waals surface area contributed by atoms with Crippen molar-refractivity contribution < 1.29 is 14.3 Å². The number of methoxy groups -OCH3 is 1. The summed E-state index contributed by atoms with van der Waals surface area (Å²) in [6.07, 6.45) is 6.70. The van der Waals surface area contributed by atoms with Gasteiger partial charge in [-0.3, -0.25) is 4.79 Å². The van der Waals surface area contributed by atoms with Crippen LogP contribution in [0.1, 0.15) is 21.5 Å². The van der Waals surface area contributed by atoms with Crippen molar-refractivity contribution in [2.75, 3.05) is 13.7 Å². The van der Waals surface area contributed by atoms with E-state index in [9.17, 15) is 4.79 Å². The molecule has 0 aliphatic carbocycles. The number of ether oxygens (including phenoxy) is 2. The molecule has 0 bridgehead atoms. The molecule has 0 saturated heterocycles.